The third kappa shape index (κ3) is 2.69. The Kier molecular flexibility index (Phi) is 4.35. The highest BCUT2D eigenvalue weighted by molar-refractivity contribution is 7.90. The normalized spacial score (nSPS) is 48.1. The third-order valence-electron chi connectivity index (χ3n) is 9.61. The van der Waals surface area contributed by atoms with Crippen molar-refractivity contribution in [2.24, 2.45) is 16.7 Å². The average Bonchev–Trinajstić information content (AvgIpc) is 3.40. The molecular formula is C22H33NO7S. The van der Waals surface area contributed by atoms with Crippen LogP contribution in [-0.2, 0) is 29.1 Å². The van der Waals surface area contributed by atoms with Crippen LogP contribution in [0.1, 0.15) is 72.6 Å². The molecule has 3 aliphatic heterocycles. The first-order valence-corrected chi connectivity index (χ1v) is 13.0. The van der Waals surface area contributed by atoms with E-state index in [9.17, 15) is 23.1 Å². The van der Waals surface area contributed by atoms with E-state index in [1.54, 1.807) is 6.92 Å². The van der Waals surface area contributed by atoms with Crippen LogP contribution in [0.3, 0.4) is 0 Å². The summed E-state index contributed by atoms with van der Waals surface area (Å²) in [5.74, 6) is -0.688. The van der Waals surface area contributed by atoms with Gasteiger partial charge in [-0.2, -0.15) is 0 Å². The zero-order chi connectivity index (χ0) is 22.6. The summed E-state index contributed by atoms with van der Waals surface area (Å²) in [6.45, 7) is 7.72. The van der Waals surface area contributed by atoms with Gasteiger partial charge in [-0.1, -0.05) is 13.8 Å². The van der Waals surface area contributed by atoms with Crippen molar-refractivity contribution >= 4 is 21.9 Å². The molecule has 5 rings (SSSR count). The molecule has 8 nitrogen and oxygen atoms in total. The van der Waals surface area contributed by atoms with Crippen molar-refractivity contribution in [3.05, 3.63) is 0 Å². The predicted molar refractivity (Wildman–Crippen MR) is 110 cm³/mol. The molecule has 5 aliphatic rings. The van der Waals surface area contributed by atoms with Crippen LogP contribution < -0.4 is 0 Å². The fourth-order valence-electron chi connectivity index (χ4n) is 7.39. The quantitative estimate of drug-likeness (QED) is 0.646. The number of fused-ring (bicyclic) bond motifs is 1. The first kappa shape index (κ1) is 21.6. The number of esters is 1. The van der Waals surface area contributed by atoms with Gasteiger partial charge >= 0.3 is 5.97 Å². The summed E-state index contributed by atoms with van der Waals surface area (Å²) in [7, 11) is -3.81. The second-order valence-corrected chi connectivity index (χ2v) is 13.2. The summed E-state index contributed by atoms with van der Waals surface area (Å²) in [5.41, 5.74) is -2.59. The van der Waals surface area contributed by atoms with Crippen molar-refractivity contribution in [3.8, 4) is 0 Å². The zero-order valence-electron chi connectivity index (χ0n) is 18.7. The van der Waals surface area contributed by atoms with Crippen LogP contribution >= 0.6 is 0 Å². The Bertz CT molecular complexity index is 948. The van der Waals surface area contributed by atoms with E-state index in [4.69, 9.17) is 9.47 Å². The molecule has 1 spiro atoms. The van der Waals surface area contributed by atoms with Crippen molar-refractivity contribution in [1.82, 2.24) is 4.31 Å². The number of aliphatic hydroxyl groups is 1. The molecule has 2 bridgehead atoms. The molecule has 174 valence electrons. The molecular weight excluding hydrogens is 422 g/mol. The molecule has 2 aliphatic carbocycles. The van der Waals surface area contributed by atoms with Crippen LogP contribution in [0.15, 0.2) is 0 Å². The van der Waals surface area contributed by atoms with E-state index in [-0.39, 0.29) is 23.2 Å². The van der Waals surface area contributed by atoms with Gasteiger partial charge in [-0.15, -0.1) is 0 Å². The molecule has 9 heteroatoms. The van der Waals surface area contributed by atoms with Crippen molar-refractivity contribution < 1.29 is 32.6 Å². The lowest BCUT2D eigenvalue weighted by Gasteiger charge is -2.38. The Morgan fingerprint density at radius 1 is 1.16 bits per heavy atom. The number of hydrogen-bond acceptors (Lipinski definition) is 7. The molecule has 2 saturated carbocycles. The third-order valence-corrected chi connectivity index (χ3v) is 11.5. The highest BCUT2D eigenvalue weighted by Crippen LogP contribution is 2.70. The minimum absolute atomic E-state index is 0.0269. The number of nitrogens with zero attached hydrogens (tertiary/aromatic N) is 1. The van der Waals surface area contributed by atoms with Crippen LogP contribution in [0.2, 0.25) is 0 Å². The summed E-state index contributed by atoms with van der Waals surface area (Å²) >= 11 is 0. The van der Waals surface area contributed by atoms with Gasteiger partial charge in [-0.05, 0) is 63.7 Å². The molecule has 3 heterocycles. The zero-order valence-corrected chi connectivity index (χ0v) is 19.5. The maximum absolute atomic E-state index is 13.5. The Morgan fingerprint density at radius 2 is 1.87 bits per heavy atom. The highest BCUT2D eigenvalue weighted by Gasteiger charge is 2.73. The molecule has 5 fully saturated rings. The van der Waals surface area contributed by atoms with Crippen LogP contribution in [0.25, 0.3) is 0 Å². The lowest BCUT2D eigenvalue weighted by atomic mass is 9.69. The molecule has 7 atom stereocenters. The lowest BCUT2D eigenvalue weighted by molar-refractivity contribution is -0.182. The molecule has 0 aromatic rings. The van der Waals surface area contributed by atoms with Gasteiger partial charge in [0, 0.05) is 11.8 Å². The molecule has 0 unspecified atom stereocenters. The smallest absolute Gasteiger partial charge is 0.306 e. The average molecular weight is 456 g/mol. The minimum atomic E-state index is -3.81. The van der Waals surface area contributed by atoms with Gasteiger partial charge in [0.2, 0.25) is 10.0 Å². The van der Waals surface area contributed by atoms with Crippen molar-refractivity contribution in [2.45, 2.75) is 102 Å². The molecule has 1 amide bonds. The van der Waals surface area contributed by atoms with Crippen LogP contribution in [-0.4, -0.2) is 64.9 Å². The summed E-state index contributed by atoms with van der Waals surface area (Å²) < 4.78 is 39.0. The molecule has 3 saturated heterocycles. The summed E-state index contributed by atoms with van der Waals surface area (Å²) in [5, 5.41) is 11.1. The fraction of sp³-hybridized carbons (Fsp3) is 0.909. The minimum Gasteiger partial charge on any atom is -0.457 e. The van der Waals surface area contributed by atoms with E-state index in [0.29, 0.717) is 38.0 Å². The SMILES string of the molecule is CC1(C)[C@@H]2CC[C@]13CS(=O)(=O)N(C(=O)[C@H](O)[C@]1(C)CC[C@H]([C@@]4(C)CCC(=O)O4)O1)[C@@H]3C2. The molecule has 0 aromatic carbocycles. The molecule has 1 N–H and O–H groups in total. The standard InChI is InChI=1S/C22H33NO7S/c1-19(2)13-5-10-22(19)12-31(27,28)23(14(22)11-13)18(26)17(25)21(4)8-6-15(29-21)20(3)9-7-16(24)30-20/h13-15,17,25H,5-12H2,1-4H3/t13-,14-,15-,17+,20-,21+,22-/m1/s1. The summed E-state index contributed by atoms with van der Waals surface area (Å²) in [6, 6.07) is -0.387. The molecule has 0 aromatic heterocycles. The van der Waals surface area contributed by atoms with Gasteiger partial charge < -0.3 is 14.6 Å². The van der Waals surface area contributed by atoms with Crippen molar-refractivity contribution in [3.63, 3.8) is 0 Å². The van der Waals surface area contributed by atoms with Gasteiger partial charge in [-0.25, -0.2) is 12.7 Å². The van der Waals surface area contributed by atoms with Gasteiger partial charge in [0.25, 0.3) is 5.91 Å². The first-order valence-electron chi connectivity index (χ1n) is 11.4. The molecule has 0 radical (unpaired) electrons. The van der Waals surface area contributed by atoms with E-state index in [1.165, 1.54) is 0 Å². The van der Waals surface area contributed by atoms with E-state index >= 15 is 0 Å². The number of carbonyl (C=O) groups is 2. The van der Waals surface area contributed by atoms with Crippen LogP contribution in [0.5, 0.6) is 0 Å². The highest BCUT2D eigenvalue weighted by atomic mass is 32.2. The Morgan fingerprint density at radius 3 is 2.48 bits per heavy atom. The largest absolute Gasteiger partial charge is 0.457 e. The van der Waals surface area contributed by atoms with Gasteiger partial charge in [0.15, 0.2) is 6.10 Å². The second kappa shape index (κ2) is 6.23. The van der Waals surface area contributed by atoms with E-state index in [2.05, 4.69) is 13.8 Å². The van der Waals surface area contributed by atoms with Gasteiger partial charge in [0.05, 0.1) is 17.9 Å². The topological polar surface area (TPSA) is 110 Å². The van der Waals surface area contributed by atoms with Gasteiger partial charge in [-0.3, -0.25) is 9.59 Å². The van der Waals surface area contributed by atoms with Crippen LogP contribution in [0, 0.1) is 16.7 Å². The Labute approximate surface area is 183 Å². The summed E-state index contributed by atoms with van der Waals surface area (Å²) in [6.07, 6.45) is 2.19. The van der Waals surface area contributed by atoms with E-state index in [0.717, 1.165) is 17.1 Å². The maximum Gasteiger partial charge on any atom is 0.306 e. The predicted octanol–water partition coefficient (Wildman–Crippen LogP) is 1.75. The van der Waals surface area contributed by atoms with Crippen molar-refractivity contribution in [2.75, 3.05) is 5.75 Å². The van der Waals surface area contributed by atoms with Crippen LogP contribution in [0.4, 0.5) is 0 Å². The number of ether oxygens (including phenoxy) is 2. The number of carbonyl (C=O) groups excluding carboxylic acids is 2. The summed E-state index contributed by atoms with van der Waals surface area (Å²) in [4.78, 5) is 25.1. The van der Waals surface area contributed by atoms with Crippen molar-refractivity contribution in [1.29, 1.82) is 0 Å². The number of cyclic esters (lactones) is 1. The van der Waals surface area contributed by atoms with E-state index in [1.807, 2.05) is 6.92 Å². The lowest BCUT2D eigenvalue weighted by Crippen LogP contribution is -2.55. The first-order chi connectivity index (χ1) is 14.3. The maximum atomic E-state index is 13.5. The second-order valence-electron chi connectivity index (χ2n) is 11.4. The van der Waals surface area contributed by atoms with Gasteiger partial charge in [0.1, 0.15) is 11.2 Å². The number of aliphatic hydroxyl groups excluding tert-OH is 1. The number of sulfonamides is 1. The Hall–Kier alpha value is -1.19. The number of amides is 1. The number of hydrogen-bond donors (Lipinski definition) is 1. The number of rotatable bonds is 3. The monoisotopic (exact) mass is 455 g/mol. The molecule has 31 heavy (non-hydrogen) atoms. The Balaban J connectivity index is 1.39. The fourth-order valence-corrected chi connectivity index (χ4v) is 9.94. The van der Waals surface area contributed by atoms with E-state index < -0.39 is 44.8 Å².